The first-order chi connectivity index (χ1) is 5.92. The average Bonchev–Trinajstić information content (AvgIpc) is 1.93. The molecule has 0 aliphatic carbocycles. The largest absolute Gasteiger partial charge is 0.380 e. The molecule has 0 aliphatic rings. The van der Waals surface area contributed by atoms with Gasteiger partial charge in [0.05, 0.1) is 6.61 Å². The van der Waals surface area contributed by atoms with Crippen molar-refractivity contribution >= 4 is 0 Å². The Morgan fingerprint density at radius 3 is 2.23 bits per heavy atom. The first kappa shape index (κ1) is 12.9. The fourth-order valence-corrected chi connectivity index (χ4v) is 0.919. The Morgan fingerprint density at radius 1 is 1.15 bits per heavy atom. The Hall–Kier alpha value is -0.0800. The van der Waals surface area contributed by atoms with Crippen LogP contribution in [-0.2, 0) is 4.74 Å². The molecule has 0 rings (SSSR count). The van der Waals surface area contributed by atoms with Gasteiger partial charge in [0.25, 0.3) is 0 Å². The van der Waals surface area contributed by atoms with Crippen LogP contribution in [0.2, 0.25) is 0 Å². The maximum Gasteiger partial charge on any atom is 0.0591 e. The highest BCUT2D eigenvalue weighted by Gasteiger charge is 2.06. The van der Waals surface area contributed by atoms with E-state index in [4.69, 9.17) is 4.74 Å². The molecule has 0 aliphatic heterocycles. The summed E-state index contributed by atoms with van der Waals surface area (Å²) in [5.41, 5.74) is 0.210. The lowest BCUT2D eigenvalue weighted by molar-refractivity contribution is 0.121. The Balaban J connectivity index is 3.09. The molecule has 0 bridgehead atoms. The molecule has 0 fully saturated rings. The smallest absolute Gasteiger partial charge is 0.0591 e. The summed E-state index contributed by atoms with van der Waals surface area (Å²) in [7, 11) is 0. The van der Waals surface area contributed by atoms with Crippen molar-refractivity contribution < 1.29 is 4.74 Å². The summed E-state index contributed by atoms with van der Waals surface area (Å²) in [5.74, 6) is 0.746. The van der Waals surface area contributed by atoms with Gasteiger partial charge in [-0.05, 0) is 33.1 Å². The van der Waals surface area contributed by atoms with Gasteiger partial charge in [-0.2, -0.15) is 0 Å². The van der Waals surface area contributed by atoms with Crippen molar-refractivity contribution in [1.29, 1.82) is 0 Å². The van der Waals surface area contributed by atoms with Gasteiger partial charge in [-0.15, -0.1) is 0 Å². The van der Waals surface area contributed by atoms with Gasteiger partial charge in [0.15, 0.2) is 0 Å². The van der Waals surface area contributed by atoms with Crippen molar-refractivity contribution in [1.82, 2.24) is 5.32 Å². The first-order valence-electron chi connectivity index (χ1n) is 5.24. The Labute approximate surface area is 83.1 Å². The Kier molecular flexibility index (Phi) is 6.35. The standard InChI is InChI=1S/C11H25NO/c1-10(2)6-8-13-9-7-12-11(3,4)5/h10,12H,6-9H2,1-5H3. The summed E-state index contributed by atoms with van der Waals surface area (Å²) >= 11 is 0. The summed E-state index contributed by atoms with van der Waals surface area (Å²) in [6, 6.07) is 0. The van der Waals surface area contributed by atoms with Crippen LogP contribution in [0.4, 0.5) is 0 Å². The van der Waals surface area contributed by atoms with Gasteiger partial charge >= 0.3 is 0 Å². The van der Waals surface area contributed by atoms with Crippen LogP contribution in [0.15, 0.2) is 0 Å². The SMILES string of the molecule is CC(C)CCOCCNC(C)(C)C. The molecule has 0 saturated carbocycles. The molecule has 0 amide bonds. The second kappa shape index (κ2) is 6.39. The lowest BCUT2D eigenvalue weighted by Gasteiger charge is -2.20. The monoisotopic (exact) mass is 187 g/mol. The van der Waals surface area contributed by atoms with E-state index in [1.807, 2.05) is 0 Å². The third-order valence-corrected chi connectivity index (χ3v) is 1.74. The number of ether oxygens (including phenoxy) is 1. The van der Waals surface area contributed by atoms with Crippen LogP contribution >= 0.6 is 0 Å². The maximum atomic E-state index is 5.48. The predicted molar refractivity (Wildman–Crippen MR) is 58.0 cm³/mol. The molecule has 2 nitrogen and oxygen atoms in total. The molecule has 0 saturated heterocycles. The van der Waals surface area contributed by atoms with Crippen LogP contribution in [0.5, 0.6) is 0 Å². The molecule has 0 heterocycles. The van der Waals surface area contributed by atoms with E-state index >= 15 is 0 Å². The predicted octanol–water partition coefficient (Wildman–Crippen LogP) is 2.44. The highest BCUT2D eigenvalue weighted by atomic mass is 16.5. The Morgan fingerprint density at radius 2 is 1.77 bits per heavy atom. The quantitative estimate of drug-likeness (QED) is 0.645. The molecule has 0 aromatic rings. The van der Waals surface area contributed by atoms with Crippen LogP contribution in [0, 0.1) is 5.92 Å². The molecule has 0 atom stereocenters. The van der Waals surface area contributed by atoms with Crippen molar-refractivity contribution in [3.05, 3.63) is 0 Å². The van der Waals surface area contributed by atoms with E-state index in [0.29, 0.717) is 0 Å². The van der Waals surface area contributed by atoms with Gasteiger partial charge in [-0.1, -0.05) is 13.8 Å². The van der Waals surface area contributed by atoms with Gasteiger partial charge in [0.2, 0.25) is 0 Å². The normalized spacial score (nSPS) is 12.5. The van der Waals surface area contributed by atoms with Gasteiger partial charge in [0.1, 0.15) is 0 Å². The fraction of sp³-hybridized carbons (Fsp3) is 1.00. The van der Waals surface area contributed by atoms with Gasteiger partial charge in [-0.3, -0.25) is 0 Å². The van der Waals surface area contributed by atoms with Crippen molar-refractivity contribution in [3.63, 3.8) is 0 Å². The van der Waals surface area contributed by atoms with Crippen molar-refractivity contribution in [2.45, 2.75) is 46.6 Å². The molecule has 1 N–H and O–H groups in total. The summed E-state index contributed by atoms with van der Waals surface area (Å²) in [4.78, 5) is 0. The number of nitrogens with one attached hydrogen (secondary N) is 1. The lowest BCUT2D eigenvalue weighted by atomic mass is 10.1. The molecule has 13 heavy (non-hydrogen) atoms. The van der Waals surface area contributed by atoms with Crippen LogP contribution < -0.4 is 5.32 Å². The summed E-state index contributed by atoms with van der Waals surface area (Å²) < 4.78 is 5.48. The van der Waals surface area contributed by atoms with E-state index in [1.165, 1.54) is 0 Å². The summed E-state index contributed by atoms with van der Waals surface area (Å²) in [6.45, 7) is 13.6. The van der Waals surface area contributed by atoms with E-state index in [1.54, 1.807) is 0 Å². The van der Waals surface area contributed by atoms with Gasteiger partial charge in [0, 0.05) is 18.7 Å². The molecular formula is C11H25NO. The van der Waals surface area contributed by atoms with E-state index in [0.717, 1.165) is 32.1 Å². The lowest BCUT2D eigenvalue weighted by Crippen LogP contribution is -2.38. The number of hydrogen-bond donors (Lipinski definition) is 1. The highest BCUT2D eigenvalue weighted by molar-refractivity contribution is 4.69. The third kappa shape index (κ3) is 11.9. The van der Waals surface area contributed by atoms with Crippen LogP contribution in [-0.4, -0.2) is 25.3 Å². The van der Waals surface area contributed by atoms with E-state index in [-0.39, 0.29) is 5.54 Å². The van der Waals surface area contributed by atoms with E-state index < -0.39 is 0 Å². The third-order valence-electron chi connectivity index (χ3n) is 1.74. The van der Waals surface area contributed by atoms with Crippen LogP contribution in [0.25, 0.3) is 0 Å². The minimum Gasteiger partial charge on any atom is -0.380 e. The molecule has 80 valence electrons. The molecule has 0 radical (unpaired) electrons. The van der Waals surface area contributed by atoms with Gasteiger partial charge < -0.3 is 10.1 Å². The average molecular weight is 187 g/mol. The summed E-state index contributed by atoms with van der Waals surface area (Å²) in [6.07, 6.45) is 1.16. The highest BCUT2D eigenvalue weighted by Crippen LogP contribution is 1.99. The second-order valence-electron chi connectivity index (χ2n) is 4.97. The molecule has 2 heteroatoms. The van der Waals surface area contributed by atoms with Crippen molar-refractivity contribution in [2.75, 3.05) is 19.8 Å². The molecule has 0 aromatic carbocycles. The topological polar surface area (TPSA) is 21.3 Å². The molecule has 0 unspecified atom stereocenters. The molecule has 0 aromatic heterocycles. The van der Waals surface area contributed by atoms with E-state index in [9.17, 15) is 0 Å². The zero-order valence-corrected chi connectivity index (χ0v) is 9.81. The van der Waals surface area contributed by atoms with Crippen LogP contribution in [0.1, 0.15) is 41.0 Å². The number of hydrogen-bond acceptors (Lipinski definition) is 2. The van der Waals surface area contributed by atoms with Crippen LogP contribution in [0.3, 0.4) is 0 Å². The van der Waals surface area contributed by atoms with Crippen molar-refractivity contribution in [3.8, 4) is 0 Å². The fourth-order valence-electron chi connectivity index (χ4n) is 0.919. The molecular weight excluding hydrogens is 162 g/mol. The van der Waals surface area contributed by atoms with Crippen molar-refractivity contribution in [2.24, 2.45) is 5.92 Å². The second-order valence-corrected chi connectivity index (χ2v) is 4.97. The minimum absolute atomic E-state index is 0.210. The van der Waals surface area contributed by atoms with E-state index in [2.05, 4.69) is 39.9 Å². The summed E-state index contributed by atoms with van der Waals surface area (Å²) in [5, 5.41) is 3.38. The maximum absolute atomic E-state index is 5.48. The minimum atomic E-state index is 0.210. The Bertz CT molecular complexity index is 116. The first-order valence-corrected chi connectivity index (χ1v) is 5.24. The molecule has 0 spiro atoms. The number of rotatable bonds is 6. The zero-order valence-electron chi connectivity index (χ0n) is 9.81. The zero-order chi connectivity index (χ0) is 10.3. The van der Waals surface area contributed by atoms with Gasteiger partial charge in [-0.25, -0.2) is 0 Å².